The van der Waals surface area contributed by atoms with Crippen molar-refractivity contribution in [2.45, 2.75) is 19.4 Å². The van der Waals surface area contributed by atoms with Crippen LogP contribution in [-0.4, -0.2) is 29.9 Å². The number of benzene rings is 1. The van der Waals surface area contributed by atoms with E-state index in [1.165, 1.54) is 24.8 Å². The third-order valence-corrected chi connectivity index (χ3v) is 3.97. The Morgan fingerprint density at radius 3 is 3.00 bits per heavy atom. The number of H-pyrrole nitrogens is 2. The van der Waals surface area contributed by atoms with Crippen LogP contribution >= 0.6 is 0 Å². The third kappa shape index (κ3) is 2.59. The predicted molar refractivity (Wildman–Crippen MR) is 90.7 cm³/mol. The van der Waals surface area contributed by atoms with E-state index >= 15 is 0 Å². The summed E-state index contributed by atoms with van der Waals surface area (Å²) in [6.07, 6.45) is 3.57. The van der Waals surface area contributed by atoms with E-state index in [-0.39, 0.29) is 11.4 Å². The molecule has 9 heteroatoms. The lowest BCUT2D eigenvalue weighted by atomic mass is 10.2. The fourth-order valence-corrected chi connectivity index (χ4v) is 2.73. The van der Waals surface area contributed by atoms with E-state index in [1.807, 2.05) is 6.92 Å². The smallest absolute Gasteiger partial charge is 0.261 e. The number of hydrogen-bond donors (Lipinski definition) is 3. The van der Waals surface area contributed by atoms with E-state index in [2.05, 4.69) is 35.2 Å². The zero-order chi connectivity index (χ0) is 17.4. The molecule has 0 spiro atoms. The summed E-state index contributed by atoms with van der Waals surface area (Å²) in [6.45, 7) is 1.94. The van der Waals surface area contributed by atoms with Crippen LogP contribution in [-0.2, 0) is 0 Å². The summed E-state index contributed by atoms with van der Waals surface area (Å²) in [5.41, 5.74) is 1.00. The molecule has 4 rings (SSSR count). The number of anilines is 1. The molecule has 1 atom stereocenters. The number of rotatable bonds is 4. The summed E-state index contributed by atoms with van der Waals surface area (Å²) in [4.78, 5) is 34.7. The second-order valence-electron chi connectivity index (χ2n) is 5.51. The van der Waals surface area contributed by atoms with E-state index in [4.69, 9.17) is 0 Å². The van der Waals surface area contributed by atoms with Crippen LogP contribution < -0.4 is 10.9 Å². The first-order valence-corrected chi connectivity index (χ1v) is 7.76. The topological polar surface area (TPSA) is 112 Å². The van der Waals surface area contributed by atoms with Gasteiger partial charge in [0.2, 0.25) is 0 Å². The molecule has 25 heavy (non-hydrogen) atoms. The SMILES string of the molecule is CCC(Nc1ncnc2[nH]cnc12)c1nc2cccc(F)c2c(=O)[nH]1. The molecule has 126 valence electrons. The number of halogens is 1. The maximum absolute atomic E-state index is 13.8. The van der Waals surface area contributed by atoms with Gasteiger partial charge < -0.3 is 15.3 Å². The Labute approximate surface area is 140 Å². The molecule has 0 saturated heterocycles. The minimum atomic E-state index is -0.590. The van der Waals surface area contributed by atoms with Crippen LogP contribution in [0, 0.1) is 5.82 Å². The largest absolute Gasteiger partial charge is 0.358 e. The van der Waals surface area contributed by atoms with Crippen molar-refractivity contribution in [2.24, 2.45) is 0 Å². The van der Waals surface area contributed by atoms with E-state index in [9.17, 15) is 9.18 Å². The molecule has 4 aromatic rings. The van der Waals surface area contributed by atoms with Crippen molar-refractivity contribution in [2.75, 3.05) is 5.32 Å². The maximum atomic E-state index is 13.8. The number of hydrogen-bond acceptors (Lipinski definition) is 6. The van der Waals surface area contributed by atoms with E-state index in [0.717, 1.165) is 0 Å². The zero-order valence-electron chi connectivity index (χ0n) is 13.2. The average molecular weight is 339 g/mol. The van der Waals surface area contributed by atoms with Crippen LogP contribution in [0.1, 0.15) is 25.2 Å². The van der Waals surface area contributed by atoms with Crippen molar-refractivity contribution >= 4 is 27.9 Å². The number of nitrogens with zero attached hydrogens (tertiary/aromatic N) is 4. The second-order valence-corrected chi connectivity index (χ2v) is 5.51. The second kappa shape index (κ2) is 5.93. The Morgan fingerprint density at radius 1 is 1.28 bits per heavy atom. The Balaban J connectivity index is 1.78. The molecule has 0 saturated carbocycles. The lowest BCUT2D eigenvalue weighted by Crippen LogP contribution is -2.20. The van der Waals surface area contributed by atoms with Gasteiger partial charge in [-0.25, -0.2) is 24.3 Å². The predicted octanol–water partition coefficient (Wildman–Crippen LogP) is 2.29. The molecule has 3 aromatic heterocycles. The number of fused-ring (bicyclic) bond motifs is 2. The van der Waals surface area contributed by atoms with Gasteiger partial charge in [-0.05, 0) is 18.6 Å². The number of imidazole rings is 1. The van der Waals surface area contributed by atoms with E-state index in [1.54, 1.807) is 6.07 Å². The Hall–Kier alpha value is -3.36. The summed E-state index contributed by atoms with van der Waals surface area (Å²) in [6, 6.07) is 4.06. The van der Waals surface area contributed by atoms with Gasteiger partial charge in [0.1, 0.15) is 28.9 Å². The standard InChI is InChI=1S/C16H14FN7O/c1-2-9(22-15-12-14(19-6-18-12)20-7-21-15)13-23-10-5-3-4-8(17)11(10)16(25)24-13/h3-7,9H,2H2,1H3,(H,23,24,25)(H2,18,19,20,21,22). The molecular formula is C16H14FN7O. The van der Waals surface area contributed by atoms with Crippen LogP contribution in [0.5, 0.6) is 0 Å². The molecule has 1 unspecified atom stereocenters. The minimum absolute atomic E-state index is 0.0437. The summed E-state index contributed by atoms with van der Waals surface area (Å²) >= 11 is 0. The van der Waals surface area contributed by atoms with Crippen LogP contribution in [0.15, 0.2) is 35.6 Å². The highest BCUT2D eigenvalue weighted by Crippen LogP contribution is 2.23. The van der Waals surface area contributed by atoms with Crippen LogP contribution in [0.4, 0.5) is 10.2 Å². The molecule has 0 amide bonds. The van der Waals surface area contributed by atoms with Crippen LogP contribution in [0.2, 0.25) is 0 Å². The van der Waals surface area contributed by atoms with Gasteiger partial charge in [-0.2, -0.15) is 0 Å². The highest BCUT2D eigenvalue weighted by molar-refractivity contribution is 5.82. The summed E-state index contributed by atoms with van der Waals surface area (Å²) in [7, 11) is 0. The Kier molecular flexibility index (Phi) is 3.60. The molecule has 0 bridgehead atoms. The average Bonchev–Trinajstić information content (AvgIpc) is 3.08. The van der Waals surface area contributed by atoms with Gasteiger partial charge >= 0.3 is 0 Å². The molecule has 3 heterocycles. The fourth-order valence-electron chi connectivity index (χ4n) is 2.73. The van der Waals surface area contributed by atoms with Gasteiger partial charge in [-0.1, -0.05) is 13.0 Å². The molecule has 0 fully saturated rings. The van der Waals surface area contributed by atoms with E-state index in [0.29, 0.717) is 34.7 Å². The fraction of sp³-hybridized carbons (Fsp3) is 0.188. The van der Waals surface area contributed by atoms with Gasteiger partial charge in [0.05, 0.1) is 17.9 Å². The lowest BCUT2D eigenvalue weighted by molar-refractivity contribution is 0.636. The monoisotopic (exact) mass is 339 g/mol. The molecule has 0 radical (unpaired) electrons. The van der Waals surface area contributed by atoms with Crippen LogP contribution in [0.25, 0.3) is 22.1 Å². The summed E-state index contributed by atoms with van der Waals surface area (Å²) < 4.78 is 13.8. The van der Waals surface area contributed by atoms with Crippen molar-refractivity contribution in [3.8, 4) is 0 Å². The number of nitrogens with one attached hydrogen (secondary N) is 3. The van der Waals surface area contributed by atoms with Crippen molar-refractivity contribution in [1.82, 2.24) is 29.9 Å². The van der Waals surface area contributed by atoms with Crippen molar-refractivity contribution in [1.29, 1.82) is 0 Å². The first-order chi connectivity index (χ1) is 12.2. The highest BCUT2D eigenvalue weighted by atomic mass is 19.1. The number of aromatic amines is 2. The van der Waals surface area contributed by atoms with Gasteiger partial charge in [-0.3, -0.25) is 4.79 Å². The highest BCUT2D eigenvalue weighted by Gasteiger charge is 2.17. The van der Waals surface area contributed by atoms with Crippen LogP contribution in [0.3, 0.4) is 0 Å². The van der Waals surface area contributed by atoms with Gasteiger partial charge in [0.15, 0.2) is 11.5 Å². The van der Waals surface area contributed by atoms with Gasteiger partial charge in [0.25, 0.3) is 5.56 Å². The summed E-state index contributed by atoms with van der Waals surface area (Å²) in [5, 5.41) is 3.18. The van der Waals surface area contributed by atoms with E-state index < -0.39 is 11.4 Å². The first-order valence-electron chi connectivity index (χ1n) is 7.76. The zero-order valence-corrected chi connectivity index (χ0v) is 13.2. The maximum Gasteiger partial charge on any atom is 0.261 e. The molecule has 0 aliphatic carbocycles. The normalized spacial score (nSPS) is 12.6. The molecule has 8 nitrogen and oxygen atoms in total. The van der Waals surface area contributed by atoms with Crippen molar-refractivity contribution in [3.05, 3.63) is 52.8 Å². The Bertz CT molecular complexity index is 1120. The van der Waals surface area contributed by atoms with Crippen molar-refractivity contribution in [3.63, 3.8) is 0 Å². The summed E-state index contributed by atoms with van der Waals surface area (Å²) in [5.74, 6) is 0.348. The molecule has 1 aromatic carbocycles. The molecule has 3 N–H and O–H groups in total. The number of aromatic nitrogens is 6. The quantitative estimate of drug-likeness (QED) is 0.526. The Morgan fingerprint density at radius 2 is 2.16 bits per heavy atom. The van der Waals surface area contributed by atoms with Crippen molar-refractivity contribution < 1.29 is 4.39 Å². The van der Waals surface area contributed by atoms with Gasteiger partial charge in [-0.15, -0.1) is 0 Å². The lowest BCUT2D eigenvalue weighted by Gasteiger charge is -2.17. The molecule has 0 aliphatic heterocycles. The molecule has 0 aliphatic rings. The minimum Gasteiger partial charge on any atom is -0.358 e. The third-order valence-electron chi connectivity index (χ3n) is 3.97. The first kappa shape index (κ1) is 15.2. The van der Waals surface area contributed by atoms with Gasteiger partial charge in [0, 0.05) is 0 Å². The molecular weight excluding hydrogens is 325 g/mol.